The van der Waals surface area contributed by atoms with Crippen molar-refractivity contribution >= 4 is 38.3 Å². The third-order valence-electron chi connectivity index (χ3n) is 3.48. The van der Waals surface area contributed by atoms with Gasteiger partial charge in [0.25, 0.3) is 0 Å². The van der Waals surface area contributed by atoms with Crippen LogP contribution in [0.4, 0.5) is 0 Å². The maximum absolute atomic E-state index is 12.8. The zero-order valence-electron chi connectivity index (χ0n) is 14.1. The predicted octanol–water partition coefficient (Wildman–Crippen LogP) is 3.60. The Labute approximate surface area is 158 Å². The molecule has 2 aromatic carbocycles. The molecule has 1 atom stereocenters. The molecule has 0 fully saturated rings. The number of ether oxygens (including phenoxy) is 2. The third kappa shape index (κ3) is 5.12. The average Bonchev–Trinajstić information content (AvgIpc) is 2.49. The van der Waals surface area contributed by atoms with E-state index in [9.17, 15) is 4.79 Å². The normalized spacial score (nSPS) is 10.5. The van der Waals surface area contributed by atoms with Gasteiger partial charge in [-0.1, -0.05) is 18.2 Å². The molecule has 3 nitrogen and oxygen atoms in total. The number of rotatable bonds is 7. The quantitative estimate of drug-likeness (QED) is 0.572. The third-order valence-corrected chi connectivity index (χ3v) is 4.64. The Bertz CT molecular complexity index is 678. The summed E-state index contributed by atoms with van der Waals surface area (Å²) >= 11 is 0. The fraction of sp³-hybridized carbons (Fsp3) is 0.316. The van der Waals surface area contributed by atoms with E-state index >= 15 is 0 Å². The van der Waals surface area contributed by atoms with E-state index in [2.05, 4.69) is 0 Å². The van der Waals surface area contributed by atoms with Crippen LogP contribution in [0.1, 0.15) is 35.3 Å². The van der Waals surface area contributed by atoms with Crippen LogP contribution in [0, 0.1) is 13.8 Å². The van der Waals surface area contributed by atoms with Crippen molar-refractivity contribution in [2.75, 3.05) is 13.2 Å². The maximum atomic E-state index is 12.8. The molecule has 0 radical (unpaired) electrons. The summed E-state index contributed by atoms with van der Waals surface area (Å²) in [5.74, 6) is 1.61. The first-order chi connectivity index (χ1) is 11.1. The molecule has 1 unspecified atom stereocenters. The molecule has 124 valence electrons. The summed E-state index contributed by atoms with van der Waals surface area (Å²) in [6.45, 7) is 9.04. The molecule has 0 heterocycles. The van der Waals surface area contributed by atoms with Gasteiger partial charge in [0.2, 0.25) is 0 Å². The fourth-order valence-corrected chi connectivity index (χ4v) is 3.79. The van der Waals surface area contributed by atoms with Crippen LogP contribution in [0.5, 0.6) is 11.5 Å². The molecule has 0 aliphatic rings. The topological polar surface area (TPSA) is 35.5 Å². The second-order valence-corrected chi connectivity index (χ2v) is 6.49. The number of para-hydroxylation sites is 1. The van der Waals surface area contributed by atoms with E-state index in [0.29, 0.717) is 13.2 Å². The van der Waals surface area contributed by atoms with Gasteiger partial charge in [-0.05, 0) is 65.6 Å². The van der Waals surface area contributed by atoms with E-state index in [1.165, 1.54) is 0 Å². The van der Waals surface area contributed by atoms with Crippen molar-refractivity contribution in [3.63, 3.8) is 0 Å². The van der Waals surface area contributed by atoms with Crippen molar-refractivity contribution in [3.8, 4) is 11.5 Å². The van der Waals surface area contributed by atoms with Crippen LogP contribution in [-0.4, -0.2) is 37.6 Å². The first-order valence-corrected chi connectivity index (χ1v) is 8.84. The molecule has 0 aliphatic heterocycles. The number of carbonyl (C=O) groups is 1. The van der Waals surface area contributed by atoms with Gasteiger partial charge in [0, 0.05) is 10.9 Å². The molecule has 0 spiro atoms. The Kier molecular flexibility index (Phi) is 8.57. The number of carbonyl (C=O) groups excluding carboxylic acids is 1. The van der Waals surface area contributed by atoms with E-state index in [0.717, 1.165) is 33.5 Å². The minimum atomic E-state index is 0. The molecule has 0 saturated heterocycles. The first kappa shape index (κ1) is 20.8. The average molecular weight is 338 g/mol. The molecule has 0 N–H and O–H groups in total. The van der Waals surface area contributed by atoms with Crippen molar-refractivity contribution in [2.45, 2.75) is 27.7 Å². The number of hydrogen-bond donors (Lipinski definition) is 0. The second kappa shape index (κ2) is 9.89. The van der Waals surface area contributed by atoms with Gasteiger partial charge in [0.15, 0.2) is 5.52 Å². The molecule has 0 saturated carbocycles. The predicted molar refractivity (Wildman–Crippen MR) is 104 cm³/mol. The van der Waals surface area contributed by atoms with Crippen LogP contribution in [0.3, 0.4) is 0 Å². The van der Waals surface area contributed by atoms with Crippen molar-refractivity contribution in [1.82, 2.24) is 0 Å². The van der Waals surface area contributed by atoms with Crippen molar-refractivity contribution in [2.24, 2.45) is 0 Å². The summed E-state index contributed by atoms with van der Waals surface area (Å²) in [7, 11) is 0.0501. The number of benzene rings is 2. The standard InChI is InChI=1S/C19H23O3P.Li.H/c1-5-21-15-11-13(3)18(14(4)12-15)19(20)23-17-10-8-7-9-16(17)22-6-2;;/h7-12,23H,5-6H2,1-4H3;;. The molecule has 24 heavy (non-hydrogen) atoms. The van der Waals surface area contributed by atoms with E-state index in [1.54, 1.807) is 0 Å². The number of aryl methyl sites for hydroxylation is 2. The molecule has 2 aromatic rings. The van der Waals surface area contributed by atoms with E-state index in [-0.39, 0.29) is 33.0 Å². The van der Waals surface area contributed by atoms with Crippen molar-refractivity contribution < 1.29 is 14.3 Å². The van der Waals surface area contributed by atoms with Crippen LogP contribution in [-0.2, 0) is 0 Å². The summed E-state index contributed by atoms with van der Waals surface area (Å²) in [5, 5.41) is 0.951. The second-order valence-electron chi connectivity index (χ2n) is 5.25. The van der Waals surface area contributed by atoms with E-state index in [1.807, 2.05) is 64.1 Å². The molecular weight excluding hydrogens is 314 g/mol. The van der Waals surface area contributed by atoms with Crippen molar-refractivity contribution in [1.29, 1.82) is 0 Å². The van der Waals surface area contributed by atoms with Gasteiger partial charge in [0.1, 0.15) is 11.5 Å². The van der Waals surface area contributed by atoms with Crippen LogP contribution < -0.4 is 14.8 Å². The Balaban J connectivity index is 0.00000288. The Morgan fingerprint density at radius 3 is 2.17 bits per heavy atom. The van der Waals surface area contributed by atoms with Crippen LogP contribution in [0.15, 0.2) is 36.4 Å². The molecule has 5 heteroatoms. The zero-order valence-corrected chi connectivity index (χ0v) is 15.1. The molecule has 2 rings (SSSR count). The Morgan fingerprint density at radius 2 is 1.58 bits per heavy atom. The summed E-state index contributed by atoms with van der Waals surface area (Å²) in [6.07, 6.45) is 0. The van der Waals surface area contributed by atoms with E-state index in [4.69, 9.17) is 9.47 Å². The first-order valence-electron chi connectivity index (χ1n) is 7.84. The Hall–Kier alpha value is -1.26. The van der Waals surface area contributed by atoms with Crippen LogP contribution in [0.25, 0.3) is 0 Å². The van der Waals surface area contributed by atoms with Gasteiger partial charge < -0.3 is 9.47 Å². The van der Waals surface area contributed by atoms with Gasteiger partial charge in [-0.3, -0.25) is 4.79 Å². The van der Waals surface area contributed by atoms with Gasteiger partial charge in [-0.2, -0.15) is 0 Å². The fourth-order valence-electron chi connectivity index (χ4n) is 2.57. The molecular formula is C19H24LiO3P. The SMILES string of the molecule is CCOc1cc(C)c(C(=O)Pc2ccccc2OCC)c(C)c1.[LiH]. The monoisotopic (exact) mass is 338 g/mol. The summed E-state index contributed by atoms with van der Waals surface area (Å²) in [5.41, 5.74) is 2.84. The number of hydrogen-bond acceptors (Lipinski definition) is 3. The van der Waals surface area contributed by atoms with Gasteiger partial charge in [0.05, 0.1) is 13.2 Å². The van der Waals surface area contributed by atoms with Gasteiger partial charge in [-0.25, -0.2) is 0 Å². The summed E-state index contributed by atoms with van der Waals surface area (Å²) in [6, 6.07) is 11.6. The van der Waals surface area contributed by atoms with Crippen LogP contribution in [0.2, 0.25) is 0 Å². The minimum absolute atomic E-state index is 0. The Morgan fingerprint density at radius 1 is 1.00 bits per heavy atom. The zero-order chi connectivity index (χ0) is 16.8. The summed E-state index contributed by atoms with van der Waals surface area (Å²) in [4.78, 5) is 12.8. The van der Waals surface area contributed by atoms with Gasteiger partial charge in [-0.15, -0.1) is 0 Å². The van der Waals surface area contributed by atoms with Gasteiger partial charge >= 0.3 is 18.9 Å². The van der Waals surface area contributed by atoms with Crippen LogP contribution >= 0.6 is 8.58 Å². The van der Waals surface area contributed by atoms with E-state index < -0.39 is 0 Å². The molecule has 0 aromatic heterocycles. The molecule has 0 amide bonds. The molecule has 0 bridgehead atoms. The summed E-state index contributed by atoms with van der Waals surface area (Å²) < 4.78 is 11.2. The molecule has 0 aliphatic carbocycles. The van der Waals surface area contributed by atoms with Crippen molar-refractivity contribution in [3.05, 3.63) is 53.1 Å².